The van der Waals surface area contributed by atoms with Crippen LogP contribution in [0.3, 0.4) is 0 Å². The molecule has 0 saturated heterocycles. The van der Waals surface area contributed by atoms with Gasteiger partial charge in [0.25, 0.3) is 0 Å². The molecular weight excluding hydrogens is 856 g/mol. The van der Waals surface area contributed by atoms with Gasteiger partial charge in [0.05, 0.1) is 5.52 Å². The maximum absolute atomic E-state index is 4.07. The average Bonchev–Trinajstić information content (AvgIpc) is 4.06. The molecule has 1 N–H and O–H groups in total. The van der Waals surface area contributed by atoms with Gasteiger partial charge in [-0.05, 0) is 123 Å². The van der Waals surface area contributed by atoms with Crippen molar-refractivity contribution in [2.75, 3.05) is 5.32 Å². The fourth-order valence-corrected chi connectivity index (χ4v) is 15.5. The van der Waals surface area contributed by atoms with Gasteiger partial charge in [-0.25, -0.2) is 0 Å². The summed E-state index contributed by atoms with van der Waals surface area (Å²) in [5.41, 5.74) is 16.3. The summed E-state index contributed by atoms with van der Waals surface area (Å²) in [5, 5.41) is 14.9. The first-order chi connectivity index (χ1) is 31.8. The summed E-state index contributed by atoms with van der Waals surface area (Å²) in [6.45, 7) is 16.8. The lowest BCUT2D eigenvalue weighted by atomic mass is 9.58. The topological polar surface area (TPSA) is 17.0 Å². The third kappa shape index (κ3) is 5.47. The Kier molecular flexibility index (Phi) is 7.96. The summed E-state index contributed by atoms with van der Waals surface area (Å²) in [4.78, 5) is 0. The molecule has 0 atom stereocenters. The van der Waals surface area contributed by atoms with Crippen molar-refractivity contribution >= 4 is 146 Å². The number of nitrogens with zero attached hydrogens (tertiary/aromatic N) is 1. The minimum atomic E-state index is 0.0729. The third-order valence-electron chi connectivity index (χ3n) is 15.6. The lowest BCUT2D eigenvalue weighted by Gasteiger charge is -2.42. The van der Waals surface area contributed by atoms with E-state index in [4.69, 9.17) is 0 Å². The molecule has 0 spiro atoms. The minimum Gasteiger partial charge on any atom is -0.355 e. The van der Waals surface area contributed by atoms with Gasteiger partial charge in [0.15, 0.2) is 7.28 Å². The Morgan fingerprint density at radius 2 is 1.15 bits per heavy atom. The van der Waals surface area contributed by atoms with Gasteiger partial charge in [-0.3, -0.25) is 0 Å². The Morgan fingerprint density at radius 1 is 0.561 bits per heavy atom. The summed E-state index contributed by atoms with van der Waals surface area (Å²) in [6, 6.07) is 51.7. The fraction of sp³-hybridized carbons (Fsp3) is 0.200. The smallest absolute Gasteiger partial charge is 0.198 e. The Balaban J connectivity index is 1.17. The molecule has 0 amide bonds. The van der Waals surface area contributed by atoms with E-state index in [0.29, 0.717) is 0 Å². The van der Waals surface area contributed by atoms with Gasteiger partial charge >= 0.3 is 0 Å². The summed E-state index contributed by atoms with van der Waals surface area (Å²) in [6.07, 6.45) is 2.37. The van der Waals surface area contributed by atoms with E-state index in [-0.39, 0.29) is 16.2 Å². The summed E-state index contributed by atoms with van der Waals surface area (Å²) < 4.78 is 10.8. The van der Waals surface area contributed by atoms with Crippen LogP contribution in [-0.4, -0.2) is 11.8 Å². The summed E-state index contributed by atoms with van der Waals surface area (Å²) >= 11 is 5.83. The predicted octanol–water partition coefficient (Wildman–Crippen LogP) is 16.6. The van der Waals surface area contributed by atoms with Crippen LogP contribution >= 0.6 is 34.0 Å². The van der Waals surface area contributed by atoms with Crippen LogP contribution in [0.5, 0.6) is 0 Å². The highest BCUT2D eigenvalue weighted by Gasteiger charge is 2.39. The van der Waals surface area contributed by atoms with Crippen LogP contribution in [0.4, 0.5) is 11.4 Å². The van der Waals surface area contributed by atoms with E-state index >= 15 is 0 Å². The summed E-state index contributed by atoms with van der Waals surface area (Å²) in [5.74, 6) is 0. The van der Waals surface area contributed by atoms with Gasteiger partial charge < -0.3 is 9.88 Å². The first-order valence-electron chi connectivity index (χ1n) is 23.6. The van der Waals surface area contributed by atoms with Crippen molar-refractivity contribution in [2.45, 2.75) is 77.6 Å². The van der Waals surface area contributed by atoms with Gasteiger partial charge in [-0.1, -0.05) is 127 Å². The Morgan fingerprint density at radius 3 is 1.82 bits per heavy atom. The highest BCUT2D eigenvalue weighted by Crippen LogP contribution is 2.53. The number of fused-ring (bicyclic) bond motifs is 16. The van der Waals surface area contributed by atoms with Crippen LogP contribution in [0.25, 0.3) is 99.1 Å². The molecule has 66 heavy (non-hydrogen) atoms. The molecular formula is C60H49BN2S3. The Bertz CT molecular complexity index is 4090. The zero-order valence-electron chi connectivity index (χ0n) is 38.5. The summed E-state index contributed by atoms with van der Waals surface area (Å²) in [7, 11) is 0.850. The molecule has 8 aromatic carbocycles. The van der Waals surface area contributed by atoms with Crippen molar-refractivity contribution in [2.24, 2.45) is 0 Å². The number of anilines is 2. The molecule has 4 aromatic heterocycles. The van der Waals surface area contributed by atoms with E-state index in [9.17, 15) is 0 Å². The van der Waals surface area contributed by atoms with Crippen molar-refractivity contribution in [3.8, 4) is 16.8 Å². The van der Waals surface area contributed by atoms with Crippen LogP contribution in [0.1, 0.15) is 78.0 Å². The number of rotatable bonds is 3. The zero-order valence-corrected chi connectivity index (χ0v) is 40.9. The molecule has 0 unspecified atom stereocenters. The van der Waals surface area contributed by atoms with Crippen LogP contribution in [0, 0.1) is 0 Å². The molecule has 0 radical (unpaired) electrons. The van der Waals surface area contributed by atoms with E-state index in [2.05, 4.69) is 192 Å². The van der Waals surface area contributed by atoms with Crippen molar-refractivity contribution in [3.63, 3.8) is 0 Å². The number of hydrogen-bond acceptors (Lipinski definition) is 4. The second-order valence-electron chi connectivity index (χ2n) is 21.6. The van der Waals surface area contributed by atoms with Crippen molar-refractivity contribution in [1.29, 1.82) is 0 Å². The molecule has 12 aromatic rings. The molecule has 14 rings (SSSR count). The molecule has 2 aliphatic rings. The highest BCUT2D eigenvalue weighted by molar-refractivity contribution is 7.27. The average molecular weight is 905 g/mol. The normalized spacial score (nSPS) is 15.4. The Hall–Kier alpha value is -5.92. The maximum Gasteiger partial charge on any atom is 0.198 e. The highest BCUT2D eigenvalue weighted by atomic mass is 32.1. The zero-order chi connectivity index (χ0) is 44.6. The van der Waals surface area contributed by atoms with Crippen molar-refractivity contribution in [3.05, 3.63) is 150 Å². The molecule has 1 aliphatic carbocycles. The van der Waals surface area contributed by atoms with Gasteiger partial charge in [-0.15, -0.1) is 34.0 Å². The maximum atomic E-state index is 4.07. The second kappa shape index (κ2) is 13.4. The number of aromatic nitrogens is 1. The minimum absolute atomic E-state index is 0.0729. The first-order valence-corrected chi connectivity index (χ1v) is 26.0. The number of benzene rings is 8. The number of hydrogen-bond donors (Lipinski definition) is 1. The van der Waals surface area contributed by atoms with E-state index in [1.807, 2.05) is 34.0 Å². The second-order valence-corrected chi connectivity index (χ2v) is 24.8. The lowest BCUT2D eigenvalue weighted by Crippen LogP contribution is -2.37. The fourth-order valence-electron chi connectivity index (χ4n) is 12.0. The SMILES string of the molecule is CC(C)(C)c1ccc(Nc2cc3c(cc2-c2c4c5c(c6cc7c(cc6n5-c5cc6sc8ccccc8c6cc5B4)C(C)(C)CCC7(C)C)c4c2sc2ccccc24)sc2ccccc23)cc1. The van der Waals surface area contributed by atoms with E-state index in [0.717, 1.165) is 18.7 Å². The lowest BCUT2D eigenvalue weighted by molar-refractivity contribution is 0.332. The third-order valence-corrected chi connectivity index (χ3v) is 19.1. The Labute approximate surface area is 397 Å². The molecule has 0 bridgehead atoms. The van der Waals surface area contributed by atoms with Gasteiger partial charge in [0.1, 0.15) is 0 Å². The molecule has 5 heterocycles. The quantitative estimate of drug-likeness (QED) is 0.175. The van der Waals surface area contributed by atoms with E-state index < -0.39 is 0 Å². The largest absolute Gasteiger partial charge is 0.355 e. The van der Waals surface area contributed by atoms with Crippen LogP contribution in [-0.2, 0) is 16.2 Å². The number of nitrogens with one attached hydrogen (secondary N) is 1. The van der Waals surface area contributed by atoms with Gasteiger partial charge in [0, 0.05) is 94.0 Å². The van der Waals surface area contributed by atoms with E-state index in [1.54, 1.807) is 0 Å². The number of thiophene rings is 3. The molecule has 6 heteroatoms. The molecule has 320 valence electrons. The predicted molar refractivity (Wildman–Crippen MR) is 295 cm³/mol. The first kappa shape index (κ1) is 39.3. The molecule has 1 aliphatic heterocycles. The van der Waals surface area contributed by atoms with Gasteiger partial charge in [-0.2, -0.15) is 0 Å². The standard InChI is InChI=1S/C60H49BN2S3/c1-58(2,3)32-20-22-33(23-21-32)62-44-28-38-35-15-9-12-18-48(35)64-50(38)29-39(44)54-55-56-52(53-36-16-10-13-19-49(36)66-57(53)54)40-26-41-42(60(6,7)25-24-59(41,4)5)30-45(40)63(56)46-31-51-37(27-43(46)61-55)34-14-8-11-17-47(34)65-51/h8-23,26-31,61-62H,24-25H2,1-7H3. The molecule has 0 fully saturated rings. The molecule has 2 nitrogen and oxygen atoms in total. The van der Waals surface area contributed by atoms with Crippen molar-refractivity contribution < 1.29 is 0 Å². The molecule has 0 saturated carbocycles. The van der Waals surface area contributed by atoms with Gasteiger partial charge in [0.2, 0.25) is 0 Å². The van der Waals surface area contributed by atoms with Crippen LogP contribution in [0.2, 0.25) is 0 Å². The van der Waals surface area contributed by atoms with E-state index in [1.165, 1.54) is 140 Å². The van der Waals surface area contributed by atoms with Crippen LogP contribution < -0.4 is 16.2 Å². The van der Waals surface area contributed by atoms with Crippen LogP contribution in [0.15, 0.2) is 133 Å². The monoisotopic (exact) mass is 904 g/mol. The van der Waals surface area contributed by atoms with Crippen molar-refractivity contribution in [1.82, 2.24) is 4.57 Å².